The summed E-state index contributed by atoms with van der Waals surface area (Å²) in [5.74, 6) is -1.82. The van der Waals surface area contributed by atoms with Crippen LogP contribution in [0.3, 0.4) is 0 Å². The second-order valence-electron chi connectivity index (χ2n) is 7.64. The Labute approximate surface area is 226 Å². The Morgan fingerprint density at radius 3 is 2.53 bits per heavy atom. The summed E-state index contributed by atoms with van der Waals surface area (Å²) in [6.07, 6.45) is 0. The van der Waals surface area contributed by atoms with Gasteiger partial charge in [0.15, 0.2) is 23.0 Å². The maximum atomic E-state index is 12.9. The van der Waals surface area contributed by atoms with Crippen molar-refractivity contribution < 1.29 is 32.9 Å². The second kappa shape index (κ2) is 11.1. The van der Waals surface area contributed by atoms with Crippen molar-refractivity contribution in [3.05, 3.63) is 69.5 Å². The minimum Gasteiger partial charge on any atom is -0.501 e. The molecule has 4 aromatic rings. The van der Waals surface area contributed by atoms with E-state index in [0.29, 0.717) is 17.1 Å². The molecular formula is C24H21ClN4O7S2. The predicted molar refractivity (Wildman–Crippen MR) is 142 cm³/mol. The van der Waals surface area contributed by atoms with E-state index in [4.69, 9.17) is 21.1 Å². The summed E-state index contributed by atoms with van der Waals surface area (Å²) in [6, 6.07) is 11.0. The van der Waals surface area contributed by atoms with Crippen LogP contribution >= 0.6 is 22.9 Å². The number of methoxy groups -OCH3 is 2. The van der Waals surface area contributed by atoms with Crippen LogP contribution in [-0.4, -0.2) is 48.7 Å². The molecule has 4 rings (SSSR count). The van der Waals surface area contributed by atoms with Gasteiger partial charge in [0.25, 0.3) is 21.8 Å². The van der Waals surface area contributed by atoms with Gasteiger partial charge in [0.05, 0.1) is 30.5 Å². The monoisotopic (exact) mass is 576 g/mol. The molecule has 0 bridgehead atoms. The fourth-order valence-corrected chi connectivity index (χ4v) is 5.91. The zero-order valence-corrected chi connectivity index (χ0v) is 22.3. The van der Waals surface area contributed by atoms with Gasteiger partial charge >= 0.3 is 0 Å². The summed E-state index contributed by atoms with van der Waals surface area (Å²) < 4.78 is 38.9. The van der Waals surface area contributed by atoms with Gasteiger partial charge in [0.2, 0.25) is 5.75 Å². The normalized spacial score (nSPS) is 11.1. The van der Waals surface area contributed by atoms with Gasteiger partial charge in [0, 0.05) is 22.9 Å². The molecule has 0 aliphatic carbocycles. The number of anilines is 1. The van der Waals surface area contributed by atoms with E-state index in [1.54, 1.807) is 24.3 Å². The van der Waals surface area contributed by atoms with E-state index in [-0.39, 0.29) is 33.5 Å². The minimum atomic E-state index is -4.08. The molecule has 4 N–H and O–H groups in total. The first-order valence-electron chi connectivity index (χ1n) is 10.8. The van der Waals surface area contributed by atoms with Crippen molar-refractivity contribution in [2.45, 2.75) is 11.4 Å². The highest BCUT2D eigenvalue weighted by Gasteiger charge is 2.25. The van der Waals surface area contributed by atoms with Gasteiger partial charge in [-0.05, 0) is 18.2 Å². The number of para-hydroxylation sites is 1. The molecular weight excluding hydrogens is 556 g/mol. The molecule has 0 saturated carbocycles. The number of hydrogen-bond donors (Lipinski definition) is 4. The van der Waals surface area contributed by atoms with Gasteiger partial charge in [-0.15, -0.1) is 11.3 Å². The number of nitrogens with zero attached hydrogens (tertiary/aromatic N) is 2. The highest BCUT2D eigenvalue weighted by molar-refractivity contribution is 7.92. The average Bonchev–Trinajstić information content (AvgIpc) is 3.35. The molecule has 0 aliphatic heterocycles. The topological polar surface area (TPSA) is 160 Å². The van der Waals surface area contributed by atoms with Crippen molar-refractivity contribution in [3.63, 3.8) is 0 Å². The minimum absolute atomic E-state index is 0.0138. The Bertz CT molecular complexity index is 1610. The highest BCUT2D eigenvalue weighted by atomic mass is 35.5. The molecule has 0 saturated heterocycles. The van der Waals surface area contributed by atoms with Gasteiger partial charge in [-0.1, -0.05) is 35.9 Å². The number of carbonyl (C=O) groups excluding carboxylic acids is 1. The van der Waals surface area contributed by atoms with Crippen LogP contribution in [0.5, 0.6) is 23.1 Å². The van der Waals surface area contributed by atoms with Crippen molar-refractivity contribution in [1.29, 1.82) is 0 Å². The molecule has 1 amide bonds. The van der Waals surface area contributed by atoms with E-state index in [0.717, 1.165) is 11.3 Å². The van der Waals surface area contributed by atoms with Gasteiger partial charge in [-0.2, -0.15) is 4.98 Å². The van der Waals surface area contributed by atoms with Crippen LogP contribution in [-0.2, 0) is 16.6 Å². The first-order chi connectivity index (χ1) is 18.2. The van der Waals surface area contributed by atoms with Crippen LogP contribution in [0.4, 0.5) is 5.69 Å². The molecule has 2 aromatic heterocycles. The molecule has 198 valence electrons. The summed E-state index contributed by atoms with van der Waals surface area (Å²) in [4.78, 5) is 20.7. The number of sulfonamides is 1. The third-order valence-electron chi connectivity index (χ3n) is 5.28. The van der Waals surface area contributed by atoms with Crippen LogP contribution in [0.15, 0.2) is 58.1 Å². The lowest BCUT2D eigenvalue weighted by Crippen LogP contribution is -2.24. The van der Waals surface area contributed by atoms with E-state index < -0.39 is 33.3 Å². The smallest absolute Gasteiger partial charge is 0.274 e. The zero-order valence-electron chi connectivity index (χ0n) is 19.9. The maximum absolute atomic E-state index is 12.9. The van der Waals surface area contributed by atoms with Crippen LogP contribution in [0, 0.1) is 0 Å². The third-order valence-corrected chi connectivity index (χ3v) is 7.89. The summed E-state index contributed by atoms with van der Waals surface area (Å²) in [6.45, 7) is -0.0138. The fourth-order valence-electron chi connectivity index (χ4n) is 3.49. The van der Waals surface area contributed by atoms with E-state index in [1.165, 1.54) is 43.2 Å². The summed E-state index contributed by atoms with van der Waals surface area (Å²) in [5, 5.41) is 26.2. The number of benzene rings is 2. The summed E-state index contributed by atoms with van der Waals surface area (Å²) in [5.41, 5.74) is 0.338. The SMILES string of the molecule is COc1cccc(CNC(=O)c2nc(-c3cscc3NS(=O)(=O)c3ccccc3Cl)nc(O)c2O)c1OC. The lowest BCUT2D eigenvalue weighted by atomic mass is 10.1. The first-order valence-corrected chi connectivity index (χ1v) is 13.6. The molecule has 0 radical (unpaired) electrons. The number of hydrogen-bond acceptors (Lipinski definition) is 10. The Morgan fingerprint density at radius 2 is 1.82 bits per heavy atom. The molecule has 14 heteroatoms. The van der Waals surface area contributed by atoms with Crippen LogP contribution in [0.1, 0.15) is 16.1 Å². The quantitative estimate of drug-likeness (QED) is 0.231. The standard InChI is InChI=1S/C24H21ClN4O7S2/c1-35-17-8-5-6-13(21(17)36-2)10-26-23(31)19-20(30)24(32)28-22(27-19)14-11-37-12-16(14)29-38(33,34)18-9-4-3-7-15(18)25/h3-9,11-12,29-30H,10H2,1-2H3,(H,26,31)(H,27,28,32). The fraction of sp³-hybridized carbons (Fsp3) is 0.125. The molecule has 11 nitrogen and oxygen atoms in total. The number of amides is 1. The zero-order chi connectivity index (χ0) is 27.4. The number of nitrogens with one attached hydrogen (secondary N) is 2. The van der Waals surface area contributed by atoms with E-state index >= 15 is 0 Å². The number of thiophene rings is 1. The van der Waals surface area contributed by atoms with Crippen molar-refractivity contribution in [1.82, 2.24) is 15.3 Å². The van der Waals surface area contributed by atoms with Crippen molar-refractivity contribution >= 4 is 44.6 Å². The molecule has 0 spiro atoms. The number of aromatic nitrogens is 2. The maximum Gasteiger partial charge on any atom is 0.274 e. The lowest BCUT2D eigenvalue weighted by molar-refractivity contribution is 0.0941. The number of carbonyl (C=O) groups is 1. The largest absolute Gasteiger partial charge is 0.501 e. The van der Waals surface area contributed by atoms with Gasteiger partial charge in [-0.25, -0.2) is 13.4 Å². The Kier molecular flexibility index (Phi) is 7.90. The summed E-state index contributed by atoms with van der Waals surface area (Å²) >= 11 is 7.18. The Morgan fingerprint density at radius 1 is 1.05 bits per heavy atom. The number of halogens is 1. The van der Waals surface area contributed by atoms with E-state index in [1.807, 2.05) is 0 Å². The molecule has 2 aromatic carbocycles. The van der Waals surface area contributed by atoms with Crippen LogP contribution < -0.4 is 19.5 Å². The highest BCUT2D eigenvalue weighted by Crippen LogP contribution is 2.36. The second-order valence-corrected chi connectivity index (χ2v) is 10.4. The molecule has 38 heavy (non-hydrogen) atoms. The van der Waals surface area contributed by atoms with Crippen molar-refractivity contribution in [2.75, 3.05) is 18.9 Å². The van der Waals surface area contributed by atoms with Crippen LogP contribution in [0.2, 0.25) is 5.02 Å². The summed E-state index contributed by atoms with van der Waals surface area (Å²) in [7, 11) is -1.14. The van der Waals surface area contributed by atoms with Gasteiger partial charge in [-0.3, -0.25) is 9.52 Å². The lowest BCUT2D eigenvalue weighted by Gasteiger charge is -2.14. The molecule has 0 fully saturated rings. The predicted octanol–water partition coefficient (Wildman–Crippen LogP) is 4.02. The molecule has 0 atom stereocenters. The van der Waals surface area contributed by atoms with E-state index in [2.05, 4.69) is 20.0 Å². The van der Waals surface area contributed by atoms with Gasteiger partial charge < -0.3 is 25.0 Å². The molecule has 0 unspecified atom stereocenters. The number of rotatable bonds is 9. The van der Waals surface area contributed by atoms with Gasteiger partial charge in [0.1, 0.15) is 4.90 Å². The van der Waals surface area contributed by atoms with Crippen molar-refractivity contribution in [2.24, 2.45) is 0 Å². The molecule has 0 aliphatic rings. The number of aromatic hydroxyl groups is 2. The van der Waals surface area contributed by atoms with Crippen LogP contribution in [0.25, 0.3) is 11.4 Å². The molecule has 2 heterocycles. The number of ether oxygens (including phenoxy) is 2. The average molecular weight is 577 g/mol. The van der Waals surface area contributed by atoms with E-state index in [9.17, 15) is 23.4 Å². The van der Waals surface area contributed by atoms with Crippen molar-refractivity contribution in [3.8, 4) is 34.5 Å². The first kappa shape index (κ1) is 27.0. The Balaban J connectivity index is 1.63. The Hall–Kier alpha value is -4.07. The third kappa shape index (κ3) is 5.44.